The van der Waals surface area contributed by atoms with E-state index in [1.807, 2.05) is 36.4 Å². The molecule has 0 heterocycles. The van der Waals surface area contributed by atoms with Crippen molar-refractivity contribution in [2.75, 3.05) is 0 Å². The summed E-state index contributed by atoms with van der Waals surface area (Å²) in [6.45, 7) is 0. The molecule has 0 aromatic heterocycles. The van der Waals surface area contributed by atoms with Crippen LogP contribution in [-0.4, -0.2) is 6.29 Å². The molecule has 0 aliphatic heterocycles. The highest BCUT2D eigenvalue weighted by Gasteiger charge is 2.02. The zero-order valence-electron chi connectivity index (χ0n) is 8.69. The van der Waals surface area contributed by atoms with E-state index < -0.39 is 0 Å². The Hall–Kier alpha value is -1.41. The van der Waals surface area contributed by atoms with Gasteiger partial charge in [0.25, 0.3) is 0 Å². The molecule has 0 fully saturated rings. The second kappa shape index (κ2) is 5.08. The lowest BCUT2D eigenvalue weighted by atomic mass is 10.00. The highest BCUT2D eigenvalue weighted by atomic mass is 79.9. The highest BCUT2D eigenvalue weighted by Crippen LogP contribution is 2.23. The predicted molar refractivity (Wildman–Crippen MR) is 69.9 cm³/mol. The molecular weight excluding hydrogens is 264 g/mol. The maximum atomic E-state index is 10.9. The molecule has 2 rings (SSSR count). The number of carbonyl (C=O) groups excluding carboxylic acids is 1. The first-order valence-corrected chi connectivity index (χ1v) is 6.17. The molecule has 16 heavy (non-hydrogen) atoms. The maximum absolute atomic E-state index is 10.9. The van der Waals surface area contributed by atoms with Crippen LogP contribution in [0.2, 0.25) is 0 Å². The van der Waals surface area contributed by atoms with Crippen LogP contribution in [0.4, 0.5) is 0 Å². The second-order valence-corrected chi connectivity index (χ2v) is 4.10. The van der Waals surface area contributed by atoms with Crippen LogP contribution in [0.1, 0.15) is 15.9 Å². The summed E-state index contributed by atoms with van der Waals surface area (Å²) in [6, 6.07) is 15.8. The normalized spacial score (nSPS) is 10.1. The molecule has 0 N–H and O–H groups in total. The van der Waals surface area contributed by atoms with E-state index in [0.29, 0.717) is 0 Å². The number of carbonyl (C=O) groups is 1. The number of alkyl halides is 1. The average Bonchev–Trinajstić information content (AvgIpc) is 2.39. The van der Waals surface area contributed by atoms with Crippen LogP contribution in [-0.2, 0) is 5.33 Å². The van der Waals surface area contributed by atoms with Crippen molar-refractivity contribution in [2.24, 2.45) is 0 Å². The summed E-state index contributed by atoms with van der Waals surface area (Å²) < 4.78 is 0. The van der Waals surface area contributed by atoms with Gasteiger partial charge in [-0.3, -0.25) is 4.79 Å². The van der Waals surface area contributed by atoms with Gasteiger partial charge in [-0.15, -0.1) is 0 Å². The monoisotopic (exact) mass is 274 g/mol. The lowest BCUT2D eigenvalue weighted by Crippen LogP contribution is -1.87. The van der Waals surface area contributed by atoms with Gasteiger partial charge in [-0.2, -0.15) is 0 Å². The molecule has 0 saturated heterocycles. The minimum Gasteiger partial charge on any atom is -0.298 e. The summed E-state index contributed by atoms with van der Waals surface area (Å²) in [5.74, 6) is 0. The molecule has 0 aliphatic rings. The van der Waals surface area contributed by atoms with Gasteiger partial charge in [0.2, 0.25) is 0 Å². The number of hydrogen-bond acceptors (Lipinski definition) is 1. The van der Waals surface area contributed by atoms with Crippen molar-refractivity contribution in [2.45, 2.75) is 5.33 Å². The quantitative estimate of drug-likeness (QED) is 0.609. The zero-order valence-corrected chi connectivity index (χ0v) is 10.3. The lowest BCUT2D eigenvalue weighted by molar-refractivity contribution is 0.112. The summed E-state index contributed by atoms with van der Waals surface area (Å²) in [7, 11) is 0. The Bertz CT molecular complexity index is 488. The first-order chi connectivity index (χ1) is 7.85. The number of hydrogen-bond donors (Lipinski definition) is 0. The van der Waals surface area contributed by atoms with Gasteiger partial charge in [-0.05, 0) is 16.7 Å². The van der Waals surface area contributed by atoms with Crippen LogP contribution in [0.3, 0.4) is 0 Å². The SMILES string of the molecule is O=Cc1ccccc1-c1ccc(CBr)cc1. The van der Waals surface area contributed by atoms with E-state index in [1.165, 1.54) is 5.56 Å². The van der Waals surface area contributed by atoms with Crippen LogP contribution >= 0.6 is 15.9 Å². The van der Waals surface area contributed by atoms with E-state index in [4.69, 9.17) is 0 Å². The Balaban J connectivity index is 2.46. The molecule has 0 radical (unpaired) electrons. The van der Waals surface area contributed by atoms with Crippen molar-refractivity contribution in [1.29, 1.82) is 0 Å². The highest BCUT2D eigenvalue weighted by molar-refractivity contribution is 9.08. The van der Waals surface area contributed by atoms with Gasteiger partial charge >= 0.3 is 0 Å². The van der Waals surface area contributed by atoms with E-state index in [1.54, 1.807) is 0 Å². The fraction of sp³-hybridized carbons (Fsp3) is 0.0714. The summed E-state index contributed by atoms with van der Waals surface area (Å²) in [4.78, 5) is 10.9. The van der Waals surface area contributed by atoms with Crippen LogP contribution in [0.15, 0.2) is 48.5 Å². The Morgan fingerprint density at radius 1 is 1.00 bits per heavy atom. The van der Waals surface area contributed by atoms with E-state index >= 15 is 0 Å². The van der Waals surface area contributed by atoms with Crippen molar-refractivity contribution in [3.8, 4) is 11.1 Å². The van der Waals surface area contributed by atoms with E-state index in [0.717, 1.165) is 28.3 Å². The number of benzene rings is 2. The summed E-state index contributed by atoms with van der Waals surface area (Å²) >= 11 is 3.41. The number of halogens is 1. The Morgan fingerprint density at radius 3 is 2.31 bits per heavy atom. The molecule has 2 aromatic carbocycles. The fourth-order valence-electron chi connectivity index (χ4n) is 1.64. The van der Waals surface area contributed by atoms with Gasteiger partial charge in [0, 0.05) is 10.9 Å². The van der Waals surface area contributed by atoms with Gasteiger partial charge in [0.15, 0.2) is 6.29 Å². The average molecular weight is 275 g/mol. The summed E-state index contributed by atoms with van der Waals surface area (Å²) in [5.41, 5.74) is 4.02. The fourth-order valence-corrected chi connectivity index (χ4v) is 2.01. The predicted octanol–water partition coefficient (Wildman–Crippen LogP) is 4.06. The molecule has 0 saturated carbocycles. The first kappa shape index (κ1) is 11.1. The second-order valence-electron chi connectivity index (χ2n) is 3.54. The van der Waals surface area contributed by atoms with Gasteiger partial charge < -0.3 is 0 Å². The third-order valence-corrected chi connectivity index (χ3v) is 3.15. The first-order valence-electron chi connectivity index (χ1n) is 5.04. The largest absolute Gasteiger partial charge is 0.298 e. The standard InChI is InChI=1S/C14H11BrO/c15-9-11-5-7-12(8-6-11)14-4-2-1-3-13(14)10-16/h1-8,10H,9H2. The van der Waals surface area contributed by atoms with Gasteiger partial charge in [-0.25, -0.2) is 0 Å². The van der Waals surface area contributed by atoms with Crippen LogP contribution in [0.25, 0.3) is 11.1 Å². The Morgan fingerprint density at radius 2 is 1.69 bits per heavy atom. The molecule has 0 bridgehead atoms. The minimum atomic E-state index is 0.731. The van der Waals surface area contributed by atoms with Gasteiger partial charge in [-0.1, -0.05) is 64.5 Å². The van der Waals surface area contributed by atoms with Crippen molar-refractivity contribution in [3.63, 3.8) is 0 Å². The van der Waals surface area contributed by atoms with Crippen molar-refractivity contribution < 1.29 is 4.79 Å². The molecule has 0 spiro atoms. The molecule has 2 aromatic rings. The topological polar surface area (TPSA) is 17.1 Å². The Labute approximate surface area is 103 Å². The van der Waals surface area contributed by atoms with Crippen molar-refractivity contribution in [1.82, 2.24) is 0 Å². The Kier molecular flexibility index (Phi) is 3.52. The van der Waals surface area contributed by atoms with E-state index in [9.17, 15) is 4.79 Å². The van der Waals surface area contributed by atoms with Crippen molar-refractivity contribution >= 4 is 22.2 Å². The van der Waals surface area contributed by atoms with Crippen LogP contribution < -0.4 is 0 Å². The molecule has 0 aliphatic carbocycles. The van der Waals surface area contributed by atoms with Crippen LogP contribution in [0.5, 0.6) is 0 Å². The zero-order chi connectivity index (χ0) is 11.4. The van der Waals surface area contributed by atoms with Gasteiger partial charge in [0.05, 0.1) is 0 Å². The van der Waals surface area contributed by atoms with Crippen molar-refractivity contribution in [3.05, 3.63) is 59.7 Å². The van der Waals surface area contributed by atoms with E-state index in [2.05, 4.69) is 28.1 Å². The van der Waals surface area contributed by atoms with E-state index in [-0.39, 0.29) is 0 Å². The smallest absolute Gasteiger partial charge is 0.150 e. The maximum Gasteiger partial charge on any atom is 0.150 e. The molecule has 0 unspecified atom stereocenters. The number of aldehydes is 1. The summed E-state index contributed by atoms with van der Waals surface area (Å²) in [5, 5.41) is 0.850. The third kappa shape index (κ3) is 2.22. The lowest BCUT2D eigenvalue weighted by Gasteiger charge is -2.05. The van der Waals surface area contributed by atoms with Crippen LogP contribution in [0, 0.1) is 0 Å². The minimum absolute atomic E-state index is 0.731. The molecule has 1 nitrogen and oxygen atoms in total. The molecule has 0 atom stereocenters. The molecule has 80 valence electrons. The third-order valence-electron chi connectivity index (χ3n) is 2.51. The molecule has 2 heteroatoms. The molecular formula is C14H11BrO. The number of rotatable bonds is 3. The van der Waals surface area contributed by atoms with Gasteiger partial charge in [0.1, 0.15) is 0 Å². The summed E-state index contributed by atoms with van der Waals surface area (Å²) in [6.07, 6.45) is 0.897. The molecule has 0 amide bonds.